The number of nitrogens with one attached hydrogen (secondary N) is 1. The number of hydrogen-bond acceptors (Lipinski definition) is 7. The van der Waals surface area contributed by atoms with Crippen molar-refractivity contribution in [2.45, 2.75) is 32.2 Å². The topological polar surface area (TPSA) is 57.2 Å². The zero-order valence-electron chi connectivity index (χ0n) is 16.3. The van der Waals surface area contributed by atoms with E-state index >= 15 is 0 Å². The standard InChI is InChI=1S/C21H26N6S/c1-15(13-26-9-11-27(12-10-26)18-7-2-3-8-22-18)25-20-19-16-5-4-6-17(16)28-21(19)24-14-23-20/h2-3,7-8,14-15H,4-6,9-13H2,1H3,(H,23,24,25). The lowest BCUT2D eigenvalue weighted by molar-refractivity contribution is 0.250. The minimum Gasteiger partial charge on any atom is -0.366 e. The van der Waals surface area contributed by atoms with E-state index in [1.54, 1.807) is 6.33 Å². The molecule has 28 heavy (non-hydrogen) atoms. The van der Waals surface area contributed by atoms with Gasteiger partial charge in [-0.25, -0.2) is 15.0 Å². The van der Waals surface area contributed by atoms with E-state index in [1.165, 1.54) is 35.1 Å². The van der Waals surface area contributed by atoms with Crippen molar-refractivity contribution in [1.29, 1.82) is 0 Å². The Morgan fingerprint density at radius 3 is 2.82 bits per heavy atom. The summed E-state index contributed by atoms with van der Waals surface area (Å²) in [6.45, 7) is 7.46. The van der Waals surface area contributed by atoms with Crippen LogP contribution < -0.4 is 10.2 Å². The predicted octanol–water partition coefficient (Wildman–Crippen LogP) is 3.20. The van der Waals surface area contributed by atoms with Crippen LogP contribution in [0.4, 0.5) is 11.6 Å². The molecule has 1 saturated heterocycles. The van der Waals surface area contributed by atoms with Crippen LogP contribution in [0.1, 0.15) is 23.8 Å². The molecule has 5 rings (SSSR count). The Kier molecular flexibility index (Phi) is 4.86. The van der Waals surface area contributed by atoms with Crippen LogP contribution in [0.15, 0.2) is 30.7 Å². The van der Waals surface area contributed by atoms with E-state index in [9.17, 15) is 0 Å². The minimum absolute atomic E-state index is 0.344. The summed E-state index contributed by atoms with van der Waals surface area (Å²) in [5, 5.41) is 4.95. The van der Waals surface area contributed by atoms with Crippen molar-refractivity contribution in [3.05, 3.63) is 41.2 Å². The van der Waals surface area contributed by atoms with Crippen LogP contribution in [-0.2, 0) is 12.8 Å². The van der Waals surface area contributed by atoms with Gasteiger partial charge in [0.05, 0.1) is 5.39 Å². The van der Waals surface area contributed by atoms with E-state index in [1.807, 2.05) is 23.6 Å². The number of pyridine rings is 1. The van der Waals surface area contributed by atoms with Crippen LogP contribution in [-0.4, -0.2) is 58.6 Å². The summed E-state index contributed by atoms with van der Waals surface area (Å²) < 4.78 is 0. The van der Waals surface area contributed by atoms with Crippen LogP contribution in [0, 0.1) is 0 Å². The van der Waals surface area contributed by atoms with Gasteiger partial charge in [-0.15, -0.1) is 11.3 Å². The summed E-state index contributed by atoms with van der Waals surface area (Å²) in [5.41, 5.74) is 1.49. The van der Waals surface area contributed by atoms with Gasteiger partial charge in [-0.05, 0) is 43.9 Å². The molecule has 0 saturated carbocycles. The van der Waals surface area contributed by atoms with E-state index in [2.05, 4.69) is 49.1 Å². The number of nitrogens with zero attached hydrogens (tertiary/aromatic N) is 5. The van der Waals surface area contributed by atoms with Crippen molar-refractivity contribution in [3.8, 4) is 0 Å². The van der Waals surface area contributed by atoms with Crippen molar-refractivity contribution < 1.29 is 0 Å². The number of rotatable bonds is 5. The third-order valence-electron chi connectivity index (χ3n) is 5.76. The van der Waals surface area contributed by atoms with E-state index in [0.717, 1.165) is 49.2 Å². The first-order valence-electron chi connectivity index (χ1n) is 10.2. The maximum absolute atomic E-state index is 4.59. The first-order valence-corrected chi connectivity index (χ1v) is 11.0. The largest absolute Gasteiger partial charge is 0.366 e. The second kappa shape index (κ2) is 7.64. The molecule has 1 atom stereocenters. The summed E-state index contributed by atoms with van der Waals surface area (Å²) in [6.07, 6.45) is 7.21. The first kappa shape index (κ1) is 17.8. The van der Waals surface area contributed by atoms with Crippen molar-refractivity contribution in [2.24, 2.45) is 0 Å². The zero-order valence-corrected chi connectivity index (χ0v) is 17.1. The number of anilines is 2. The van der Waals surface area contributed by atoms with Gasteiger partial charge in [0, 0.05) is 49.8 Å². The third-order valence-corrected chi connectivity index (χ3v) is 6.96. The highest BCUT2D eigenvalue weighted by molar-refractivity contribution is 7.19. The summed E-state index contributed by atoms with van der Waals surface area (Å²) in [4.78, 5) is 21.1. The maximum Gasteiger partial charge on any atom is 0.138 e. The van der Waals surface area contributed by atoms with Crippen molar-refractivity contribution in [1.82, 2.24) is 19.9 Å². The lowest BCUT2D eigenvalue weighted by Crippen LogP contribution is -2.49. The third kappa shape index (κ3) is 3.44. The number of aryl methyl sites for hydroxylation is 2. The molecule has 0 amide bonds. The van der Waals surface area contributed by atoms with Crippen molar-refractivity contribution in [2.75, 3.05) is 42.9 Å². The Bertz CT molecular complexity index is 948. The molecule has 1 unspecified atom stereocenters. The van der Waals surface area contributed by atoms with Crippen molar-refractivity contribution in [3.63, 3.8) is 0 Å². The molecule has 0 spiro atoms. The number of fused-ring (bicyclic) bond motifs is 3. The Hall–Kier alpha value is -2.25. The monoisotopic (exact) mass is 394 g/mol. The number of aromatic nitrogens is 3. The Morgan fingerprint density at radius 2 is 2.00 bits per heavy atom. The van der Waals surface area contributed by atoms with Gasteiger partial charge in [0.15, 0.2) is 0 Å². The van der Waals surface area contributed by atoms with E-state index in [0.29, 0.717) is 6.04 Å². The number of hydrogen-bond donors (Lipinski definition) is 1. The zero-order chi connectivity index (χ0) is 18.9. The van der Waals surface area contributed by atoms with E-state index in [4.69, 9.17) is 0 Å². The molecule has 3 aromatic rings. The highest BCUT2D eigenvalue weighted by Gasteiger charge is 2.23. The fourth-order valence-electron chi connectivity index (χ4n) is 4.40. The molecule has 1 fully saturated rings. The average molecular weight is 395 g/mol. The van der Waals surface area contributed by atoms with Crippen LogP contribution >= 0.6 is 11.3 Å². The molecule has 3 aromatic heterocycles. The molecule has 1 aliphatic heterocycles. The quantitative estimate of drug-likeness (QED) is 0.717. The van der Waals surface area contributed by atoms with Gasteiger partial charge in [-0.3, -0.25) is 4.90 Å². The van der Waals surface area contributed by atoms with Gasteiger partial charge in [-0.2, -0.15) is 0 Å². The second-order valence-electron chi connectivity index (χ2n) is 7.78. The Labute approximate surface area is 169 Å². The molecule has 1 N–H and O–H groups in total. The fraction of sp³-hybridized carbons (Fsp3) is 0.476. The highest BCUT2D eigenvalue weighted by Crippen LogP contribution is 2.39. The summed E-state index contributed by atoms with van der Waals surface area (Å²) >= 11 is 1.85. The molecule has 7 heteroatoms. The lowest BCUT2D eigenvalue weighted by Gasteiger charge is -2.36. The highest BCUT2D eigenvalue weighted by atomic mass is 32.1. The number of piperazine rings is 1. The predicted molar refractivity (Wildman–Crippen MR) is 115 cm³/mol. The van der Waals surface area contributed by atoms with Gasteiger partial charge in [-0.1, -0.05) is 6.07 Å². The SMILES string of the molecule is CC(CN1CCN(c2ccccn2)CC1)Nc1ncnc2sc3c(c12)CCC3. The molecule has 0 radical (unpaired) electrons. The van der Waals surface area contributed by atoms with Crippen molar-refractivity contribution >= 4 is 33.2 Å². The molecule has 4 heterocycles. The molecule has 0 bridgehead atoms. The normalized spacial score (nSPS) is 18.4. The average Bonchev–Trinajstić information content (AvgIpc) is 3.30. The Balaban J connectivity index is 1.22. The second-order valence-corrected chi connectivity index (χ2v) is 8.86. The lowest BCUT2D eigenvalue weighted by atomic mass is 10.2. The molecule has 1 aliphatic carbocycles. The van der Waals surface area contributed by atoms with Crippen LogP contribution in [0.3, 0.4) is 0 Å². The minimum atomic E-state index is 0.344. The summed E-state index contributed by atoms with van der Waals surface area (Å²) in [5.74, 6) is 2.10. The van der Waals surface area contributed by atoms with E-state index < -0.39 is 0 Å². The van der Waals surface area contributed by atoms with Gasteiger partial charge in [0.25, 0.3) is 0 Å². The smallest absolute Gasteiger partial charge is 0.138 e. The van der Waals surface area contributed by atoms with Gasteiger partial charge < -0.3 is 10.2 Å². The van der Waals surface area contributed by atoms with Gasteiger partial charge in [0.2, 0.25) is 0 Å². The molecule has 6 nitrogen and oxygen atoms in total. The molecule has 2 aliphatic rings. The van der Waals surface area contributed by atoms with Crippen LogP contribution in [0.5, 0.6) is 0 Å². The van der Waals surface area contributed by atoms with Gasteiger partial charge >= 0.3 is 0 Å². The van der Waals surface area contributed by atoms with E-state index in [-0.39, 0.29) is 0 Å². The van der Waals surface area contributed by atoms with Crippen LogP contribution in [0.25, 0.3) is 10.2 Å². The molecular weight excluding hydrogens is 368 g/mol. The molecule has 146 valence electrons. The van der Waals surface area contributed by atoms with Gasteiger partial charge in [0.1, 0.15) is 22.8 Å². The first-order chi connectivity index (χ1) is 13.8. The summed E-state index contributed by atoms with van der Waals surface area (Å²) in [7, 11) is 0. The molecule has 0 aromatic carbocycles. The Morgan fingerprint density at radius 1 is 1.11 bits per heavy atom. The van der Waals surface area contributed by atoms with Crippen LogP contribution in [0.2, 0.25) is 0 Å². The fourth-order valence-corrected chi connectivity index (χ4v) is 5.63. The summed E-state index contributed by atoms with van der Waals surface area (Å²) in [6, 6.07) is 6.47. The number of thiophene rings is 1. The maximum atomic E-state index is 4.59. The molecular formula is C21H26N6S.